The highest BCUT2D eigenvalue weighted by Crippen LogP contribution is 2.33. The van der Waals surface area contributed by atoms with E-state index in [0.29, 0.717) is 24.1 Å². The Balaban J connectivity index is 2.48. The van der Waals surface area contributed by atoms with Gasteiger partial charge in [0.15, 0.2) is 5.69 Å². The largest absolute Gasteiger partial charge is 0.493 e. The smallest absolute Gasteiger partial charge is 0.271 e. The van der Waals surface area contributed by atoms with Crippen molar-refractivity contribution in [2.45, 2.75) is 38.0 Å². The number of hydrogen-bond acceptors (Lipinski definition) is 7. The fourth-order valence-corrected chi connectivity index (χ4v) is 3.74. The molecule has 0 aliphatic carbocycles. The fourth-order valence-electron chi connectivity index (χ4n) is 2.70. The summed E-state index contributed by atoms with van der Waals surface area (Å²) in [5.41, 5.74) is 0.105. The molecule has 0 bridgehead atoms. The highest BCUT2D eigenvalue weighted by Gasteiger charge is 2.20. The number of unbranched alkanes of at least 4 members (excludes halogenated alkanes) is 1. The first-order valence-electron chi connectivity index (χ1n) is 9.13. The number of benzene rings is 1. The minimum Gasteiger partial charge on any atom is -0.493 e. The van der Waals surface area contributed by atoms with Crippen LogP contribution in [0.15, 0.2) is 44.2 Å². The lowest BCUT2D eigenvalue weighted by molar-refractivity contribution is 0.423. The van der Waals surface area contributed by atoms with E-state index in [2.05, 4.69) is 15.0 Å². The van der Waals surface area contributed by atoms with Gasteiger partial charge in [0.25, 0.3) is 5.56 Å². The van der Waals surface area contributed by atoms with Gasteiger partial charge in [-0.25, -0.2) is 13.1 Å². The number of azo groups is 1. The predicted molar refractivity (Wildman–Crippen MR) is 108 cm³/mol. The van der Waals surface area contributed by atoms with Crippen LogP contribution in [0.2, 0.25) is 0 Å². The molecule has 1 heterocycles. The van der Waals surface area contributed by atoms with Crippen molar-refractivity contribution < 1.29 is 13.5 Å². The highest BCUT2D eigenvalue weighted by molar-refractivity contribution is 7.89. The van der Waals surface area contributed by atoms with Gasteiger partial charge in [-0.1, -0.05) is 20.3 Å². The second-order valence-electron chi connectivity index (χ2n) is 6.30. The second kappa shape index (κ2) is 9.45. The maximum absolute atomic E-state index is 12.3. The number of pyridine rings is 1. The monoisotopic (exact) mass is 417 g/mol. The van der Waals surface area contributed by atoms with Gasteiger partial charge in [-0.15, -0.1) is 5.11 Å². The third-order valence-corrected chi connectivity index (χ3v) is 5.84. The predicted octanol–water partition coefficient (Wildman–Crippen LogP) is 3.02. The molecule has 0 radical (unpaired) electrons. The van der Waals surface area contributed by atoms with Crippen molar-refractivity contribution in [3.05, 3.63) is 45.7 Å². The molecule has 29 heavy (non-hydrogen) atoms. The molecule has 0 amide bonds. The zero-order chi connectivity index (χ0) is 21.6. The molecule has 9 nitrogen and oxygen atoms in total. The van der Waals surface area contributed by atoms with Gasteiger partial charge in [-0.3, -0.25) is 9.36 Å². The molecule has 0 unspecified atom stereocenters. The normalized spacial score (nSPS) is 11.7. The minimum absolute atomic E-state index is 0.0569. The molecule has 0 aliphatic heterocycles. The first-order chi connectivity index (χ1) is 13.8. The molecule has 2 aromatic rings. The van der Waals surface area contributed by atoms with Crippen LogP contribution in [0, 0.1) is 11.3 Å². The van der Waals surface area contributed by atoms with Gasteiger partial charge >= 0.3 is 0 Å². The van der Waals surface area contributed by atoms with Crippen molar-refractivity contribution in [3.8, 4) is 11.9 Å². The Hall–Kier alpha value is -3.03. The van der Waals surface area contributed by atoms with Gasteiger partial charge in [0.05, 0.1) is 10.6 Å². The number of sulfonamides is 1. The summed E-state index contributed by atoms with van der Waals surface area (Å²) in [6, 6.07) is 7.64. The Kier molecular flexibility index (Phi) is 7.25. The summed E-state index contributed by atoms with van der Waals surface area (Å²) in [4.78, 5) is 12.4. The molecule has 1 aromatic heterocycles. The SMILES string of the molecule is CCCCc1c(/N=N/c2ccc(S(=O)(=O)NCC)cc2)c(O)n(C)c(=O)c1C#N. The summed E-state index contributed by atoms with van der Waals surface area (Å²) < 4.78 is 27.3. The standard InChI is InChI=1S/C19H23N5O4S/c1-4-6-7-15-16(12-20)18(25)24(3)19(26)17(15)23-22-13-8-10-14(11-9-13)29(27,28)21-5-2/h8-11,21,26H,4-7H2,1-3H3/b23-22+. The number of aromatic hydroxyl groups is 1. The number of aromatic nitrogens is 1. The van der Waals surface area contributed by atoms with Gasteiger partial charge < -0.3 is 5.11 Å². The third-order valence-electron chi connectivity index (χ3n) is 4.27. The molecule has 1 aromatic carbocycles. The third kappa shape index (κ3) is 4.88. The van der Waals surface area contributed by atoms with Crippen LogP contribution in [0.3, 0.4) is 0 Å². The second-order valence-corrected chi connectivity index (χ2v) is 8.07. The summed E-state index contributed by atoms with van der Waals surface area (Å²) in [7, 11) is -2.22. The Bertz CT molecular complexity index is 1110. The molecule has 10 heteroatoms. The van der Waals surface area contributed by atoms with E-state index < -0.39 is 15.6 Å². The van der Waals surface area contributed by atoms with Gasteiger partial charge in [0.2, 0.25) is 15.9 Å². The Morgan fingerprint density at radius 3 is 2.41 bits per heavy atom. The van der Waals surface area contributed by atoms with Crippen LogP contribution in [0.4, 0.5) is 11.4 Å². The Morgan fingerprint density at radius 1 is 1.21 bits per heavy atom. The highest BCUT2D eigenvalue weighted by atomic mass is 32.2. The van der Waals surface area contributed by atoms with E-state index >= 15 is 0 Å². The average Bonchev–Trinajstić information content (AvgIpc) is 2.70. The van der Waals surface area contributed by atoms with E-state index in [-0.39, 0.29) is 28.6 Å². The topological polar surface area (TPSA) is 137 Å². The maximum atomic E-state index is 12.3. The number of nitrogens with one attached hydrogen (secondary N) is 1. The van der Waals surface area contributed by atoms with E-state index in [1.807, 2.05) is 13.0 Å². The molecule has 0 aliphatic rings. The first-order valence-corrected chi connectivity index (χ1v) is 10.6. The lowest BCUT2D eigenvalue weighted by atomic mass is 10.0. The molecular weight excluding hydrogens is 394 g/mol. The number of rotatable bonds is 8. The van der Waals surface area contributed by atoms with E-state index in [4.69, 9.17) is 0 Å². The summed E-state index contributed by atoms with van der Waals surface area (Å²) >= 11 is 0. The van der Waals surface area contributed by atoms with Gasteiger partial charge in [-0.2, -0.15) is 10.4 Å². The van der Waals surface area contributed by atoms with E-state index in [0.717, 1.165) is 11.0 Å². The molecule has 154 valence electrons. The molecule has 0 saturated carbocycles. The van der Waals surface area contributed by atoms with Crippen LogP contribution in [0.25, 0.3) is 0 Å². The molecule has 0 saturated heterocycles. The van der Waals surface area contributed by atoms with Crippen molar-refractivity contribution in [1.82, 2.24) is 9.29 Å². The van der Waals surface area contributed by atoms with E-state index in [1.54, 1.807) is 6.92 Å². The van der Waals surface area contributed by atoms with Crippen LogP contribution in [-0.4, -0.2) is 24.6 Å². The first kappa shape index (κ1) is 22.3. The van der Waals surface area contributed by atoms with Crippen molar-refractivity contribution in [2.24, 2.45) is 17.3 Å². The van der Waals surface area contributed by atoms with Crippen LogP contribution < -0.4 is 10.3 Å². The summed E-state index contributed by atoms with van der Waals surface area (Å²) in [5.74, 6) is -0.379. The maximum Gasteiger partial charge on any atom is 0.271 e. The van der Waals surface area contributed by atoms with Gasteiger partial charge in [0, 0.05) is 19.2 Å². The van der Waals surface area contributed by atoms with Crippen molar-refractivity contribution in [3.63, 3.8) is 0 Å². The summed E-state index contributed by atoms with van der Waals surface area (Å²) in [5, 5.41) is 27.9. The van der Waals surface area contributed by atoms with Crippen LogP contribution >= 0.6 is 0 Å². The van der Waals surface area contributed by atoms with Crippen molar-refractivity contribution in [1.29, 1.82) is 5.26 Å². The molecule has 0 fully saturated rings. The Labute approximate surface area is 169 Å². The van der Waals surface area contributed by atoms with Crippen LogP contribution in [-0.2, 0) is 23.5 Å². The van der Waals surface area contributed by atoms with Gasteiger partial charge in [0.1, 0.15) is 11.6 Å². The molecule has 2 N–H and O–H groups in total. The van der Waals surface area contributed by atoms with Crippen molar-refractivity contribution >= 4 is 21.4 Å². The van der Waals surface area contributed by atoms with E-state index in [1.165, 1.54) is 31.3 Å². The van der Waals surface area contributed by atoms with Crippen molar-refractivity contribution in [2.75, 3.05) is 6.54 Å². The molecule has 0 spiro atoms. The molecular formula is C19H23N5O4S. The summed E-state index contributed by atoms with van der Waals surface area (Å²) in [6.45, 7) is 3.93. The minimum atomic E-state index is -3.57. The number of hydrogen-bond donors (Lipinski definition) is 2. The van der Waals surface area contributed by atoms with Gasteiger partial charge in [-0.05, 0) is 37.1 Å². The van der Waals surface area contributed by atoms with Crippen LogP contribution in [0.1, 0.15) is 37.8 Å². The molecule has 0 atom stereocenters. The number of nitrogens with zero attached hydrogens (tertiary/aromatic N) is 4. The quantitative estimate of drug-likeness (QED) is 0.636. The molecule has 2 rings (SSSR count). The van der Waals surface area contributed by atoms with Crippen LogP contribution in [0.5, 0.6) is 5.88 Å². The Morgan fingerprint density at radius 2 is 1.86 bits per heavy atom. The number of nitriles is 1. The lowest BCUT2D eigenvalue weighted by Crippen LogP contribution is -2.22. The average molecular weight is 417 g/mol. The summed E-state index contributed by atoms with van der Waals surface area (Å²) in [6.07, 6.45) is 1.94. The zero-order valence-electron chi connectivity index (χ0n) is 16.5. The van der Waals surface area contributed by atoms with E-state index in [9.17, 15) is 23.6 Å². The zero-order valence-corrected chi connectivity index (χ0v) is 17.3. The lowest BCUT2D eigenvalue weighted by Gasteiger charge is -2.11. The fraction of sp³-hybridized carbons (Fsp3) is 0.368.